The van der Waals surface area contributed by atoms with E-state index in [2.05, 4.69) is 22.4 Å². The van der Waals surface area contributed by atoms with Gasteiger partial charge in [0, 0.05) is 13.7 Å². The lowest BCUT2D eigenvalue weighted by atomic mass is 9.82. The number of methoxy groups -OCH3 is 1. The lowest BCUT2D eigenvalue weighted by molar-refractivity contribution is -0.0178. The number of hydrogen-bond donors (Lipinski definition) is 1. The van der Waals surface area contributed by atoms with Crippen molar-refractivity contribution in [2.75, 3.05) is 20.2 Å². The van der Waals surface area contributed by atoms with Crippen LogP contribution in [0.15, 0.2) is 4.52 Å². The summed E-state index contributed by atoms with van der Waals surface area (Å²) < 4.78 is 11.3. The fraction of sp³-hybridized carbons (Fsp3) is 0.857. The highest BCUT2D eigenvalue weighted by atomic mass is 16.5. The summed E-state index contributed by atoms with van der Waals surface area (Å²) in [4.78, 5) is 4.69. The van der Waals surface area contributed by atoms with Gasteiger partial charge in [0.25, 0.3) is 0 Å². The van der Waals surface area contributed by atoms with Crippen molar-refractivity contribution in [3.63, 3.8) is 0 Å². The Morgan fingerprint density at radius 1 is 1.21 bits per heavy atom. The zero-order chi connectivity index (χ0) is 13.3. The molecular weight excluding hydrogens is 242 g/mol. The standard InChI is InChI=1S/C14H23N3O2/c1-13(6-5-9-15-10-13)12-16-11(17-19-12)14(18-2)7-3-4-8-14/h15H,3-10H2,1-2H3. The molecule has 1 aliphatic carbocycles. The van der Waals surface area contributed by atoms with Gasteiger partial charge >= 0.3 is 0 Å². The van der Waals surface area contributed by atoms with Gasteiger partial charge in [0.15, 0.2) is 0 Å². The second-order valence-electron chi connectivity index (χ2n) is 6.17. The van der Waals surface area contributed by atoms with Gasteiger partial charge in [0.1, 0.15) is 5.60 Å². The van der Waals surface area contributed by atoms with Crippen LogP contribution in [0.4, 0.5) is 0 Å². The summed E-state index contributed by atoms with van der Waals surface area (Å²) in [5.41, 5.74) is -0.336. The predicted molar refractivity (Wildman–Crippen MR) is 70.9 cm³/mol. The summed E-state index contributed by atoms with van der Waals surface area (Å²) in [7, 11) is 1.76. The molecule has 0 aromatic carbocycles. The van der Waals surface area contributed by atoms with Gasteiger partial charge in [0.05, 0.1) is 5.41 Å². The molecule has 19 heavy (non-hydrogen) atoms. The maximum atomic E-state index is 5.72. The Hall–Kier alpha value is -0.940. The lowest BCUT2D eigenvalue weighted by Gasteiger charge is -2.30. The van der Waals surface area contributed by atoms with E-state index in [0.29, 0.717) is 0 Å². The van der Waals surface area contributed by atoms with Gasteiger partial charge < -0.3 is 14.6 Å². The van der Waals surface area contributed by atoms with E-state index in [-0.39, 0.29) is 11.0 Å². The number of nitrogens with zero attached hydrogens (tertiary/aromatic N) is 2. The number of nitrogens with one attached hydrogen (secondary N) is 1. The van der Waals surface area contributed by atoms with E-state index in [1.807, 2.05) is 0 Å². The Balaban J connectivity index is 1.86. The molecule has 0 bridgehead atoms. The maximum absolute atomic E-state index is 5.72. The quantitative estimate of drug-likeness (QED) is 0.907. The first-order chi connectivity index (χ1) is 9.19. The molecule has 2 fully saturated rings. The van der Waals surface area contributed by atoms with Crippen LogP contribution in [0.1, 0.15) is 57.2 Å². The zero-order valence-corrected chi connectivity index (χ0v) is 11.9. The molecule has 5 nitrogen and oxygen atoms in total. The van der Waals surface area contributed by atoms with E-state index in [1.54, 1.807) is 7.11 Å². The molecule has 1 N–H and O–H groups in total. The van der Waals surface area contributed by atoms with Gasteiger partial charge in [-0.25, -0.2) is 0 Å². The monoisotopic (exact) mass is 265 g/mol. The van der Waals surface area contributed by atoms with Crippen LogP contribution in [0.3, 0.4) is 0 Å². The van der Waals surface area contributed by atoms with E-state index < -0.39 is 0 Å². The summed E-state index contributed by atoms with van der Waals surface area (Å²) in [6, 6.07) is 0. The normalized spacial score (nSPS) is 30.6. The number of rotatable bonds is 3. The van der Waals surface area contributed by atoms with Crippen molar-refractivity contribution in [2.24, 2.45) is 0 Å². The van der Waals surface area contributed by atoms with Crippen LogP contribution in [0.25, 0.3) is 0 Å². The van der Waals surface area contributed by atoms with Crippen molar-refractivity contribution in [2.45, 2.75) is 56.5 Å². The van der Waals surface area contributed by atoms with Crippen LogP contribution in [0.2, 0.25) is 0 Å². The fourth-order valence-electron chi connectivity index (χ4n) is 3.36. The summed E-state index contributed by atoms with van der Waals surface area (Å²) in [6.45, 7) is 4.19. The van der Waals surface area contributed by atoms with Crippen molar-refractivity contribution in [3.8, 4) is 0 Å². The average molecular weight is 265 g/mol. The molecule has 1 saturated heterocycles. The minimum Gasteiger partial charge on any atom is -0.370 e. The lowest BCUT2D eigenvalue weighted by Crippen LogP contribution is -2.41. The van der Waals surface area contributed by atoms with Gasteiger partial charge in [-0.3, -0.25) is 0 Å². The first-order valence-electron chi connectivity index (χ1n) is 7.29. The van der Waals surface area contributed by atoms with E-state index in [9.17, 15) is 0 Å². The maximum Gasteiger partial charge on any atom is 0.233 e. The summed E-state index contributed by atoms with van der Waals surface area (Å²) in [5.74, 6) is 1.51. The second kappa shape index (κ2) is 4.87. The third-order valence-corrected chi connectivity index (χ3v) is 4.75. The number of ether oxygens (including phenoxy) is 1. The molecule has 1 aromatic rings. The van der Waals surface area contributed by atoms with Gasteiger partial charge in [-0.2, -0.15) is 4.98 Å². The largest absolute Gasteiger partial charge is 0.370 e. The van der Waals surface area contributed by atoms with Gasteiger partial charge in [-0.05, 0) is 52.0 Å². The predicted octanol–water partition coefficient (Wildman–Crippen LogP) is 2.13. The molecule has 0 amide bonds. The van der Waals surface area contributed by atoms with E-state index >= 15 is 0 Å². The fourth-order valence-corrected chi connectivity index (χ4v) is 3.36. The molecule has 1 unspecified atom stereocenters. The van der Waals surface area contributed by atoms with Crippen LogP contribution in [0.5, 0.6) is 0 Å². The van der Waals surface area contributed by atoms with Crippen molar-refractivity contribution in [3.05, 3.63) is 11.7 Å². The van der Waals surface area contributed by atoms with Crippen molar-refractivity contribution >= 4 is 0 Å². The average Bonchev–Trinajstić information content (AvgIpc) is 3.09. The Bertz CT molecular complexity index is 432. The minimum atomic E-state index is -0.305. The Morgan fingerprint density at radius 3 is 2.63 bits per heavy atom. The highest BCUT2D eigenvalue weighted by Gasteiger charge is 2.42. The Kier molecular flexibility index (Phi) is 3.35. The molecule has 5 heteroatoms. The molecule has 0 spiro atoms. The molecule has 1 aromatic heterocycles. The molecule has 1 aliphatic heterocycles. The van der Waals surface area contributed by atoms with Crippen LogP contribution in [0, 0.1) is 0 Å². The van der Waals surface area contributed by atoms with Crippen LogP contribution >= 0.6 is 0 Å². The van der Waals surface area contributed by atoms with Crippen molar-refractivity contribution in [1.82, 2.24) is 15.5 Å². The number of piperidine rings is 1. The molecule has 1 atom stereocenters. The first-order valence-corrected chi connectivity index (χ1v) is 7.29. The van der Waals surface area contributed by atoms with E-state index in [0.717, 1.165) is 50.5 Å². The highest BCUT2D eigenvalue weighted by molar-refractivity contribution is 5.11. The molecule has 106 valence electrons. The first kappa shape index (κ1) is 13.1. The van der Waals surface area contributed by atoms with Crippen molar-refractivity contribution in [1.29, 1.82) is 0 Å². The summed E-state index contributed by atoms with van der Waals surface area (Å²) in [5, 5.41) is 7.64. The zero-order valence-electron chi connectivity index (χ0n) is 11.9. The molecule has 2 aliphatic rings. The van der Waals surface area contributed by atoms with Crippen LogP contribution in [-0.2, 0) is 15.8 Å². The number of aromatic nitrogens is 2. The molecule has 3 rings (SSSR count). The van der Waals surface area contributed by atoms with Crippen LogP contribution < -0.4 is 5.32 Å². The molecular formula is C14H23N3O2. The molecule has 2 heterocycles. The highest BCUT2D eigenvalue weighted by Crippen LogP contribution is 2.41. The van der Waals surface area contributed by atoms with Crippen molar-refractivity contribution < 1.29 is 9.26 Å². The third-order valence-electron chi connectivity index (χ3n) is 4.75. The smallest absolute Gasteiger partial charge is 0.233 e. The summed E-state index contributed by atoms with van der Waals surface area (Å²) in [6.07, 6.45) is 6.60. The van der Waals surface area contributed by atoms with E-state index in [1.165, 1.54) is 12.8 Å². The SMILES string of the molecule is COC1(c2noc(C3(C)CCCNC3)n2)CCCC1. The minimum absolute atomic E-state index is 0.0307. The van der Waals surface area contributed by atoms with E-state index in [4.69, 9.17) is 9.26 Å². The molecule has 1 saturated carbocycles. The van der Waals surface area contributed by atoms with Crippen LogP contribution in [-0.4, -0.2) is 30.3 Å². The Morgan fingerprint density at radius 2 is 2.00 bits per heavy atom. The summed E-state index contributed by atoms with van der Waals surface area (Å²) >= 11 is 0. The second-order valence-corrected chi connectivity index (χ2v) is 6.17. The molecule has 0 radical (unpaired) electrons. The number of hydrogen-bond acceptors (Lipinski definition) is 5. The third kappa shape index (κ3) is 2.19. The van der Waals surface area contributed by atoms with Gasteiger partial charge in [-0.15, -0.1) is 0 Å². The van der Waals surface area contributed by atoms with Gasteiger partial charge in [0.2, 0.25) is 11.7 Å². The topological polar surface area (TPSA) is 60.2 Å². The Labute approximate surface area is 114 Å². The van der Waals surface area contributed by atoms with Gasteiger partial charge in [-0.1, -0.05) is 5.16 Å².